The molecule has 0 aliphatic carbocycles. The zero-order valence-electron chi connectivity index (χ0n) is 14.2. The molecule has 23 heavy (non-hydrogen) atoms. The van der Waals surface area contributed by atoms with E-state index in [-0.39, 0.29) is 0 Å². The van der Waals surface area contributed by atoms with Gasteiger partial charge in [-0.2, -0.15) is 5.10 Å². The molecule has 2 aromatic heterocycles. The van der Waals surface area contributed by atoms with Crippen LogP contribution in [0.5, 0.6) is 0 Å². The molecule has 124 valence electrons. The predicted molar refractivity (Wildman–Crippen MR) is 91.5 cm³/mol. The Balaban J connectivity index is 1.53. The van der Waals surface area contributed by atoms with Gasteiger partial charge in [0.2, 0.25) is 5.95 Å². The predicted octanol–water partition coefficient (Wildman–Crippen LogP) is 2.32. The summed E-state index contributed by atoms with van der Waals surface area (Å²) < 4.78 is 2.01. The summed E-state index contributed by atoms with van der Waals surface area (Å²) in [5.41, 5.74) is 2.30. The van der Waals surface area contributed by atoms with E-state index < -0.39 is 0 Å². The van der Waals surface area contributed by atoms with Crippen molar-refractivity contribution >= 4 is 5.95 Å². The lowest BCUT2D eigenvalue weighted by Gasteiger charge is -2.22. The molecule has 0 radical (unpaired) electrons. The monoisotopic (exact) mass is 314 g/mol. The van der Waals surface area contributed by atoms with Crippen molar-refractivity contribution in [1.82, 2.24) is 25.1 Å². The maximum absolute atomic E-state index is 4.50. The van der Waals surface area contributed by atoms with Crippen LogP contribution in [0.25, 0.3) is 0 Å². The molecule has 2 aromatic rings. The maximum atomic E-state index is 4.50. The first-order chi connectivity index (χ1) is 11.1. The first kappa shape index (κ1) is 15.9. The van der Waals surface area contributed by atoms with E-state index in [4.69, 9.17) is 0 Å². The van der Waals surface area contributed by atoms with Crippen LogP contribution in [-0.2, 0) is 6.54 Å². The molecule has 3 rings (SSSR count). The van der Waals surface area contributed by atoms with Gasteiger partial charge in [-0.1, -0.05) is 0 Å². The van der Waals surface area contributed by atoms with E-state index in [2.05, 4.69) is 52.3 Å². The Morgan fingerprint density at radius 1 is 1.13 bits per heavy atom. The van der Waals surface area contributed by atoms with Crippen molar-refractivity contribution in [2.45, 2.75) is 52.2 Å². The lowest BCUT2D eigenvalue weighted by Crippen LogP contribution is -2.33. The Morgan fingerprint density at radius 2 is 1.83 bits per heavy atom. The second kappa shape index (κ2) is 7.08. The third-order valence-corrected chi connectivity index (χ3v) is 4.58. The van der Waals surface area contributed by atoms with Crippen LogP contribution in [0.4, 0.5) is 5.95 Å². The van der Waals surface area contributed by atoms with Gasteiger partial charge in [-0.3, -0.25) is 4.68 Å². The number of nitrogens with one attached hydrogen (secondary N) is 1. The zero-order valence-corrected chi connectivity index (χ0v) is 14.2. The summed E-state index contributed by atoms with van der Waals surface area (Å²) in [7, 11) is 0. The van der Waals surface area contributed by atoms with Crippen LogP contribution in [-0.4, -0.2) is 38.9 Å². The first-order valence-electron chi connectivity index (χ1n) is 8.43. The SMILES string of the molecule is Cc1cnn([C@@H](C)[C@H](C)NCc2cnc(N3CCCC3)nc2)c1. The van der Waals surface area contributed by atoms with Crippen molar-refractivity contribution in [2.75, 3.05) is 18.0 Å². The van der Waals surface area contributed by atoms with Crippen LogP contribution < -0.4 is 10.2 Å². The molecule has 1 N–H and O–H groups in total. The van der Waals surface area contributed by atoms with E-state index in [1.807, 2.05) is 23.3 Å². The van der Waals surface area contributed by atoms with Gasteiger partial charge < -0.3 is 10.2 Å². The third kappa shape index (κ3) is 3.88. The number of nitrogens with zero attached hydrogens (tertiary/aromatic N) is 5. The fourth-order valence-electron chi connectivity index (χ4n) is 2.85. The standard InChI is InChI=1S/C17H26N6/c1-13-8-21-23(12-13)15(3)14(2)18-9-16-10-19-17(20-11-16)22-6-4-5-7-22/h8,10-12,14-15,18H,4-7,9H2,1-3H3/t14-,15-/m0/s1. The number of aromatic nitrogens is 4. The minimum absolute atomic E-state index is 0.300. The molecule has 6 heteroatoms. The van der Waals surface area contributed by atoms with Gasteiger partial charge in [0, 0.05) is 49.8 Å². The second-order valence-electron chi connectivity index (χ2n) is 6.49. The lowest BCUT2D eigenvalue weighted by molar-refractivity contribution is 0.364. The van der Waals surface area contributed by atoms with Crippen molar-refractivity contribution in [3.05, 3.63) is 35.9 Å². The normalized spacial score (nSPS) is 17.4. The van der Waals surface area contributed by atoms with Crippen LogP contribution in [0, 0.1) is 6.92 Å². The average Bonchev–Trinajstić information content (AvgIpc) is 3.24. The summed E-state index contributed by atoms with van der Waals surface area (Å²) >= 11 is 0. The minimum Gasteiger partial charge on any atom is -0.341 e. The van der Waals surface area contributed by atoms with E-state index >= 15 is 0 Å². The highest BCUT2D eigenvalue weighted by atomic mass is 15.3. The van der Waals surface area contributed by atoms with E-state index in [1.165, 1.54) is 18.4 Å². The Bertz CT molecular complexity index is 614. The highest BCUT2D eigenvalue weighted by Gasteiger charge is 2.16. The maximum Gasteiger partial charge on any atom is 0.225 e. The number of hydrogen-bond donors (Lipinski definition) is 1. The lowest BCUT2D eigenvalue weighted by atomic mass is 10.1. The molecule has 1 fully saturated rings. The summed E-state index contributed by atoms with van der Waals surface area (Å²) in [5, 5.41) is 7.93. The van der Waals surface area contributed by atoms with Crippen LogP contribution in [0.2, 0.25) is 0 Å². The molecule has 3 heterocycles. The molecule has 1 aliphatic heterocycles. The molecule has 0 bridgehead atoms. The van der Waals surface area contributed by atoms with Crippen LogP contribution >= 0.6 is 0 Å². The fourth-order valence-corrected chi connectivity index (χ4v) is 2.85. The Morgan fingerprint density at radius 3 is 2.43 bits per heavy atom. The van der Waals surface area contributed by atoms with Crippen LogP contribution in [0.15, 0.2) is 24.8 Å². The Hall–Kier alpha value is -1.95. The van der Waals surface area contributed by atoms with E-state index in [1.54, 1.807) is 0 Å². The molecule has 0 spiro atoms. The van der Waals surface area contributed by atoms with Crippen molar-refractivity contribution < 1.29 is 0 Å². The molecular weight excluding hydrogens is 288 g/mol. The summed E-state index contributed by atoms with van der Waals surface area (Å²) in [4.78, 5) is 11.3. The van der Waals surface area contributed by atoms with Gasteiger partial charge in [0.05, 0.1) is 12.2 Å². The summed E-state index contributed by atoms with van der Waals surface area (Å²) in [5.74, 6) is 0.861. The highest BCUT2D eigenvalue weighted by Crippen LogP contribution is 2.15. The molecule has 2 atom stereocenters. The van der Waals surface area contributed by atoms with Crippen LogP contribution in [0.1, 0.15) is 43.9 Å². The van der Waals surface area contributed by atoms with Crippen molar-refractivity contribution in [1.29, 1.82) is 0 Å². The van der Waals surface area contributed by atoms with E-state index in [0.717, 1.165) is 31.1 Å². The Labute approximate surface area is 137 Å². The van der Waals surface area contributed by atoms with Gasteiger partial charge in [0.15, 0.2) is 0 Å². The van der Waals surface area contributed by atoms with Crippen molar-refractivity contribution in [2.24, 2.45) is 0 Å². The molecule has 0 amide bonds. The number of aryl methyl sites for hydroxylation is 1. The van der Waals surface area contributed by atoms with Crippen molar-refractivity contribution in [3.63, 3.8) is 0 Å². The van der Waals surface area contributed by atoms with Gasteiger partial charge in [-0.25, -0.2) is 9.97 Å². The summed E-state index contributed by atoms with van der Waals surface area (Å²) in [6, 6.07) is 0.612. The fraction of sp³-hybridized carbons (Fsp3) is 0.588. The molecular formula is C17H26N6. The van der Waals surface area contributed by atoms with Gasteiger partial charge >= 0.3 is 0 Å². The first-order valence-corrected chi connectivity index (χ1v) is 8.43. The highest BCUT2D eigenvalue weighted by molar-refractivity contribution is 5.30. The molecule has 0 aromatic carbocycles. The van der Waals surface area contributed by atoms with Gasteiger partial charge in [0.1, 0.15) is 0 Å². The minimum atomic E-state index is 0.300. The zero-order chi connectivity index (χ0) is 16.2. The van der Waals surface area contributed by atoms with Gasteiger partial charge in [-0.05, 0) is 39.2 Å². The Kier molecular flexibility index (Phi) is 4.91. The molecule has 0 saturated carbocycles. The quantitative estimate of drug-likeness (QED) is 0.887. The third-order valence-electron chi connectivity index (χ3n) is 4.58. The van der Waals surface area contributed by atoms with E-state index in [9.17, 15) is 0 Å². The molecule has 1 saturated heterocycles. The molecule has 6 nitrogen and oxygen atoms in total. The largest absolute Gasteiger partial charge is 0.341 e. The van der Waals surface area contributed by atoms with E-state index in [0.29, 0.717) is 12.1 Å². The number of anilines is 1. The second-order valence-corrected chi connectivity index (χ2v) is 6.49. The summed E-state index contributed by atoms with van der Waals surface area (Å²) in [6.07, 6.45) is 10.3. The summed E-state index contributed by atoms with van der Waals surface area (Å²) in [6.45, 7) is 9.35. The van der Waals surface area contributed by atoms with Gasteiger partial charge in [0.25, 0.3) is 0 Å². The topological polar surface area (TPSA) is 58.9 Å². The van der Waals surface area contributed by atoms with Crippen molar-refractivity contribution in [3.8, 4) is 0 Å². The number of hydrogen-bond acceptors (Lipinski definition) is 5. The molecule has 0 unspecified atom stereocenters. The van der Waals surface area contributed by atoms with Gasteiger partial charge in [-0.15, -0.1) is 0 Å². The smallest absolute Gasteiger partial charge is 0.225 e. The van der Waals surface area contributed by atoms with Crippen LogP contribution in [0.3, 0.4) is 0 Å². The average molecular weight is 314 g/mol. The number of rotatable bonds is 6. The molecule has 1 aliphatic rings.